The Morgan fingerprint density at radius 2 is 1.97 bits per heavy atom. The van der Waals surface area contributed by atoms with Gasteiger partial charge in [0, 0.05) is 40.9 Å². The van der Waals surface area contributed by atoms with Gasteiger partial charge in [0.2, 0.25) is 17.6 Å². The van der Waals surface area contributed by atoms with Crippen LogP contribution in [0.2, 0.25) is 5.02 Å². The number of rotatable bonds is 7. The fourth-order valence-corrected chi connectivity index (χ4v) is 3.81. The summed E-state index contributed by atoms with van der Waals surface area (Å²) in [7, 11) is 0. The van der Waals surface area contributed by atoms with E-state index < -0.39 is 0 Å². The maximum absolute atomic E-state index is 13.0. The molecule has 0 aliphatic rings. The van der Waals surface area contributed by atoms with E-state index in [2.05, 4.69) is 20.4 Å². The molecule has 1 amide bonds. The van der Waals surface area contributed by atoms with Crippen molar-refractivity contribution in [3.63, 3.8) is 0 Å². The van der Waals surface area contributed by atoms with Gasteiger partial charge in [-0.25, -0.2) is 9.37 Å². The Hall–Kier alpha value is -3.10. The summed E-state index contributed by atoms with van der Waals surface area (Å²) in [6.07, 6.45) is 2.85. The second-order valence-electron chi connectivity index (χ2n) is 6.47. The molecule has 9 heteroatoms. The van der Waals surface area contributed by atoms with Gasteiger partial charge in [0.1, 0.15) is 5.82 Å². The van der Waals surface area contributed by atoms with Crippen LogP contribution in [0.25, 0.3) is 11.4 Å². The molecule has 0 unspecified atom stereocenters. The van der Waals surface area contributed by atoms with E-state index in [-0.39, 0.29) is 24.6 Å². The summed E-state index contributed by atoms with van der Waals surface area (Å²) in [6, 6.07) is 13.4. The molecule has 4 rings (SSSR count). The SMILES string of the molecule is O=C(CCc1nc(-c2ccc(F)cc2)no1)Nc1ncc(Cc2ccccc2Cl)s1. The number of nitrogens with one attached hydrogen (secondary N) is 1. The monoisotopic (exact) mass is 442 g/mol. The number of aromatic nitrogens is 3. The third kappa shape index (κ3) is 5.08. The van der Waals surface area contributed by atoms with Crippen LogP contribution in [-0.4, -0.2) is 21.0 Å². The van der Waals surface area contributed by atoms with Gasteiger partial charge in [0.05, 0.1) is 0 Å². The van der Waals surface area contributed by atoms with Gasteiger partial charge in [0.15, 0.2) is 5.13 Å². The number of carbonyl (C=O) groups is 1. The molecule has 2 heterocycles. The minimum Gasteiger partial charge on any atom is -0.339 e. The van der Waals surface area contributed by atoms with Crippen LogP contribution in [0.1, 0.15) is 22.8 Å². The number of carbonyl (C=O) groups excluding carboxylic acids is 1. The fourth-order valence-electron chi connectivity index (χ4n) is 2.75. The number of amides is 1. The standard InChI is InChI=1S/C21H16ClFN4O2S/c22-17-4-2-1-3-14(17)11-16-12-24-21(30-16)25-18(28)9-10-19-26-20(27-29-19)13-5-7-15(23)8-6-13/h1-8,12H,9-11H2,(H,24,25,28). The van der Waals surface area contributed by atoms with Crippen molar-refractivity contribution < 1.29 is 13.7 Å². The van der Waals surface area contributed by atoms with E-state index in [1.807, 2.05) is 24.3 Å². The van der Waals surface area contributed by atoms with Crippen LogP contribution in [0.4, 0.5) is 9.52 Å². The number of benzene rings is 2. The Kier molecular flexibility index (Phi) is 6.15. The first-order valence-corrected chi connectivity index (χ1v) is 10.3. The van der Waals surface area contributed by atoms with Crippen molar-refractivity contribution in [3.05, 3.63) is 81.9 Å². The van der Waals surface area contributed by atoms with Crippen molar-refractivity contribution >= 4 is 34.0 Å². The lowest BCUT2D eigenvalue weighted by Gasteiger charge is -2.01. The summed E-state index contributed by atoms with van der Waals surface area (Å²) < 4.78 is 18.2. The second-order valence-corrected chi connectivity index (χ2v) is 7.99. The van der Waals surface area contributed by atoms with Gasteiger partial charge in [-0.2, -0.15) is 4.98 Å². The third-order valence-electron chi connectivity index (χ3n) is 4.26. The highest BCUT2D eigenvalue weighted by molar-refractivity contribution is 7.15. The van der Waals surface area contributed by atoms with Crippen molar-refractivity contribution in [1.29, 1.82) is 0 Å². The number of hydrogen-bond donors (Lipinski definition) is 1. The Bertz CT molecular complexity index is 1160. The van der Waals surface area contributed by atoms with Crippen LogP contribution in [-0.2, 0) is 17.6 Å². The van der Waals surface area contributed by atoms with Gasteiger partial charge >= 0.3 is 0 Å². The molecule has 152 valence electrons. The molecule has 1 N–H and O–H groups in total. The number of thiazole rings is 1. The zero-order valence-electron chi connectivity index (χ0n) is 15.6. The molecule has 0 saturated carbocycles. The van der Waals surface area contributed by atoms with E-state index in [0.29, 0.717) is 33.9 Å². The molecule has 2 aromatic heterocycles. The summed E-state index contributed by atoms with van der Waals surface area (Å²) in [5.74, 6) is 0.157. The Morgan fingerprint density at radius 3 is 2.77 bits per heavy atom. The van der Waals surface area contributed by atoms with Crippen molar-refractivity contribution in [1.82, 2.24) is 15.1 Å². The highest BCUT2D eigenvalue weighted by atomic mass is 35.5. The van der Waals surface area contributed by atoms with Crippen LogP contribution in [0.15, 0.2) is 59.3 Å². The topological polar surface area (TPSA) is 80.9 Å². The van der Waals surface area contributed by atoms with E-state index in [9.17, 15) is 9.18 Å². The van der Waals surface area contributed by atoms with Crippen LogP contribution >= 0.6 is 22.9 Å². The van der Waals surface area contributed by atoms with Crippen LogP contribution in [0.5, 0.6) is 0 Å². The van der Waals surface area contributed by atoms with Gasteiger partial charge in [-0.1, -0.05) is 35.0 Å². The Balaban J connectivity index is 1.30. The van der Waals surface area contributed by atoms with E-state index in [4.69, 9.17) is 16.1 Å². The summed E-state index contributed by atoms with van der Waals surface area (Å²) in [6.45, 7) is 0. The first kappa shape index (κ1) is 20.2. The maximum atomic E-state index is 13.0. The summed E-state index contributed by atoms with van der Waals surface area (Å²) in [5, 5.41) is 7.88. The lowest BCUT2D eigenvalue weighted by molar-refractivity contribution is -0.116. The predicted octanol–water partition coefficient (Wildman–Crippen LogP) is 5.15. The zero-order valence-corrected chi connectivity index (χ0v) is 17.2. The van der Waals surface area contributed by atoms with Crippen molar-refractivity contribution in [2.75, 3.05) is 5.32 Å². The van der Waals surface area contributed by atoms with E-state index in [1.165, 1.54) is 23.5 Å². The molecule has 4 aromatic rings. The van der Waals surface area contributed by atoms with E-state index in [0.717, 1.165) is 10.4 Å². The van der Waals surface area contributed by atoms with Gasteiger partial charge in [0.25, 0.3) is 0 Å². The molecular formula is C21H16ClFN4O2S. The highest BCUT2D eigenvalue weighted by Crippen LogP contribution is 2.25. The summed E-state index contributed by atoms with van der Waals surface area (Å²) >= 11 is 7.60. The number of halogens is 2. The number of hydrogen-bond acceptors (Lipinski definition) is 6. The van der Waals surface area contributed by atoms with Crippen LogP contribution in [0.3, 0.4) is 0 Å². The largest absolute Gasteiger partial charge is 0.339 e. The van der Waals surface area contributed by atoms with Crippen LogP contribution < -0.4 is 5.32 Å². The molecular weight excluding hydrogens is 427 g/mol. The predicted molar refractivity (Wildman–Crippen MR) is 113 cm³/mol. The molecule has 2 aromatic carbocycles. The normalized spacial score (nSPS) is 10.9. The minimum absolute atomic E-state index is 0.171. The molecule has 0 atom stereocenters. The summed E-state index contributed by atoms with van der Waals surface area (Å²) in [4.78, 5) is 21.7. The lowest BCUT2D eigenvalue weighted by Crippen LogP contribution is -2.12. The fraction of sp³-hybridized carbons (Fsp3) is 0.143. The average Bonchev–Trinajstić information content (AvgIpc) is 3.38. The van der Waals surface area contributed by atoms with Gasteiger partial charge < -0.3 is 9.84 Å². The molecule has 0 saturated heterocycles. The zero-order chi connectivity index (χ0) is 20.9. The Morgan fingerprint density at radius 1 is 1.17 bits per heavy atom. The van der Waals surface area contributed by atoms with Gasteiger partial charge in [-0.3, -0.25) is 4.79 Å². The molecule has 0 spiro atoms. The molecule has 6 nitrogen and oxygen atoms in total. The number of aryl methyl sites for hydroxylation is 1. The quantitative estimate of drug-likeness (QED) is 0.428. The molecule has 0 fully saturated rings. The van der Waals surface area contributed by atoms with Gasteiger partial charge in [-0.05, 0) is 35.9 Å². The van der Waals surface area contributed by atoms with Crippen LogP contribution in [0, 0.1) is 5.82 Å². The van der Waals surface area contributed by atoms with E-state index in [1.54, 1.807) is 18.3 Å². The number of nitrogens with zero attached hydrogens (tertiary/aromatic N) is 3. The van der Waals surface area contributed by atoms with E-state index >= 15 is 0 Å². The van der Waals surface area contributed by atoms with Crippen molar-refractivity contribution in [3.8, 4) is 11.4 Å². The highest BCUT2D eigenvalue weighted by Gasteiger charge is 2.13. The summed E-state index contributed by atoms with van der Waals surface area (Å²) in [5.41, 5.74) is 1.65. The molecule has 0 radical (unpaired) electrons. The first-order valence-electron chi connectivity index (χ1n) is 9.13. The average molecular weight is 443 g/mol. The van der Waals surface area contributed by atoms with Crippen molar-refractivity contribution in [2.45, 2.75) is 19.3 Å². The Labute approximate surface area is 180 Å². The van der Waals surface area contributed by atoms with Crippen molar-refractivity contribution in [2.24, 2.45) is 0 Å². The number of anilines is 1. The molecule has 0 aliphatic heterocycles. The van der Waals surface area contributed by atoms with Gasteiger partial charge in [-0.15, -0.1) is 11.3 Å². The third-order valence-corrected chi connectivity index (χ3v) is 5.54. The minimum atomic E-state index is -0.337. The second kappa shape index (κ2) is 9.15. The molecule has 0 bridgehead atoms. The maximum Gasteiger partial charge on any atom is 0.227 e. The molecule has 30 heavy (non-hydrogen) atoms. The molecule has 0 aliphatic carbocycles. The lowest BCUT2D eigenvalue weighted by atomic mass is 10.1. The smallest absolute Gasteiger partial charge is 0.227 e. The first-order chi connectivity index (χ1) is 14.6.